The van der Waals surface area contributed by atoms with Crippen molar-refractivity contribution in [1.29, 1.82) is 0 Å². The van der Waals surface area contributed by atoms with Gasteiger partial charge in [0.15, 0.2) is 11.6 Å². The third kappa shape index (κ3) is 3.37. The van der Waals surface area contributed by atoms with Crippen molar-refractivity contribution in [2.45, 2.75) is 37.8 Å². The van der Waals surface area contributed by atoms with Crippen LogP contribution in [0.1, 0.15) is 25.7 Å². The average Bonchev–Trinajstić information content (AvgIpc) is 2.44. The van der Waals surface area contributed by atoms with Crippen LogP contribution >= 0.6 is 0 Å². The number of hydrogen-bond acceptors (Lipinski definition) is 4. The van der Waals surface area contributed by atoms with Gasteiger partial charge in [-0.15, -0.1) is 0 Å². The molecule has 4 nitrogen and oxygen atoms in total. The molecule has 1 aliphatic carbocycles. The van der Waals surface area contributed by atoms with Gasteiger partial charge in [-0.05, 0) is 49.7 Å². The van der Waals surface area contributed by atoms with Crippen LogP contribution in [0, 0.1) is 11.8 Å². The van der Waals surface area contributed by atoms with Crippen molar-refractivity contribution in [2.24, 2.45) is 23.3 Å². The quantitative estimate of drug-likeness (QED) is 0.687. The third-order valence-electron chi connectivity index (χ3n) is 3.89. The van der Waals surface area contributed by atoms with Gasteiger partial charge in [-0.25, -0.2) is 0 Å². The Kier molecular flexibility index (Phi) is 5.44. The minimum Gasteiger partial charge on any atom is -0.321 e. The van der Waals surface area contributed by atoms with Crippen molar-refractivity contribution in [2.75, 3.05) is 0 Å². The van der Waals surface area contributed by atoms with Crippen molar-refractivity contribution in [3.8, 4) is 0 Å². The normalized spacial score (nSPS) is 27.0. The van der Waals surface area contributed by atoms with Crippen LogP contribution in [0.3, 0.4) is 0 Å². The zero-order valence-corrected chi connectivity index (χ0v) is 10.7. The van der Waals surface area contributed by atoms with E-state index in [1.165, 1.54) is 12.2 Å². The van der Waals surface area contributed by atoms with Gasteiger partial charge in [0.1, 0.15) is 0 Å². The molecule has 0 aromatic rings. The van der Waals surface area contributed by atoms with E-state index in [1.54, 1.807) is 0 Å². The summed E-state index contributed by atoms with van der Waals surface area (Å²) in [5.74, 6) is 0.144. The van der Waals surface area contributed by atoms with Crippen LogP contribution in [0.2, 0.25) is 0 Å². The molecule has 0 aliphatic heterocycles. The van der Waals surface area contributed by atoms with E-state index in [2.05, 4.69) is 13.2 Å². The molecule has 1 aliphatic rings. The maximum atomic E-state index is 11.4. The van der Waals surface area contributed by atoms with E-state index in [1.807, 2.05) is 0 Å². The second-order valence-corrected chi connectivity index (χ2v) is 4.94. The first-order valence-electron chi connectivity index (χ1n) is 6.35. The molecule has 0 aromatic carbocycles. The Morgan fingerprint density at radius 3 is 1.39 bits per heavy atom. The zero-order chi connectivity index (χ0) is 13.7. The fourth-order valence-electron chi connectivity index (χ4n) is 2.60. The maximum absolute atomic E-state index is 11.4. The van der Waals surface area contributed by atoms with Gasteiger partial charge >= 0.3 is 0 Å². The van der Waals surface area contributed by atoms with Crippen molar-refractivity contribution in [1.82, 2.24) is 0 Å². The van der Waals surface area contributed by atoms with Crippen molar-refractivity contribution in [3.05, 3.63) is 25.3 Å². The fraction of sp³-hybridized carbons (Fsp3) is 0.571. The molecule has 0 aromatic heterocycles. The molecule has 2 unspecified atom stereocenters. The number of carbonyl (C=O) groups is 2. The lowest BCUT2D eigenvalue weighted by Crippen LogP contribution is -2.43. The highest BCUT2D eigenvalue weighted by atomic mass is 16.1. The van der Waals surface area contributed by atoms with Gasteiger partial charge in [0.2, 0.25) is 0 Å². The molecule has 0 bridgehead atoms. The Morgan fingerprint density at radius 2 is 1.17 bits per heavy atom. The van der Waals surface area contributed by atoms with Crippen molar-refractivity contribution < 1.29 is 9.59 Å². The molecular formula is C14H22N2O2. The Morgan fingerprint density at radius 1 is 0.889 bits per heavy atom. The summed E-state index contributed by atoms with van der Waals surface area (Å²) in [7, 11) is 0. The summed E-state index contributed by atoms with van der Waals surface area (Å²) >= 11 is 0. The lowest BCUT2D eigenvalue weighted by molar-refractivity contribution is -0.119. The molecule has 4 N–H and O–H groups in total. The Bertz CT molecular complexity index is 310. The van der Waals surface area contributed by atoms with Crippen molar-refractivity contribution >= 4 is 11.6 Å². The minimum atomic E-state index is -0.463. The molecule has 0 spiro atoms. The predicted molar refractivity (Wildman–Crippen MR) is 71.8 cm³/mol. The van der Waals surface area contributed by atoms with Gasteiger partial charge < -0.3 is 11.5 Å². The van der Waals surface area contributed by atoms with E-state index < -0.39 is 12.1 Å². The van der Waals surface area contributed by atoms with Crippen LogP contribution in [0.4, 0.5) is 0 Å². The Labute approximate surface area is 108 Å². The van der Waals surface area contributed by atoms with Crippen LogP contribution in [0.15, 0.2) is 25.3 Å². The summed E-state index contributed by atoms with van der Waals surface area (Å²) in [5.41, 5.74) is 11.7. The second-order valence-electron chi connectivity index (χ2n) is 4.94. The van der Waals surface area contributed by atoms with Crippen LogP contribution in [0.5, 0.6) is 0 Å². The van der Waals surface area contributed by atoms with Gasteiger partial charge in [0.05, 0.1) is 12.1 Å². The molecule has 0 amide bonds. The maximum Gasteiger partial charge on any atom is 0.172 e. The second kappa shape index (κ2) is 6.61. The Hall–Kier alpha value is -1.26. The number of hydrogen-bond donors (Lipinski definition) is 2. The minimum absolute atomic E-state index is 0.107. The van der Waals surface area contributed by atoms with Crippen LogP contribution in [-0.4, -0.2) is 23.7 Å². The lowest BCUT2D eigenvalue weighted by atomic mass is 9.74. The van der Waals surface area contributed by atoms with E-state index in [9.17, 15) is 9.59 Å². The first kappa shape index (κ1) is 14.8. The van der Waals surface area contributed by atoms with Crippen LogP contribution in [-0.2, 0) is 9.59 Å². The predicted octanol–water partition coefficient (Wildman–Crippen LogP) is 0.958. The van der Waals surface area contributed by atoms with Crippen LogP contribution in [0.25, 0.3) is 0 Å². The van der Waals surface area contributed by atoms with Gasteiger partial charge in [-0.3, -0.25) is 9.59 Å². The highest BCUT2D eigenvalue weighted by molar-refractivity contribution is 5.94. The molecule has 4 heteroatoms. The summed E-state index contributed by atoms with van der Waals surface area (Å²) in [6.07, 6.45) is 5.91. The van der Waals surface area contributed by atoms with E-state index in [4.69, 9.17) is 11.5 Å². The topological polar surface area (TPSA) is 86.2 Å². The van der Waals surface area contributed by atoms with E-state index in [0.29, 0.717) is 0 Å². The average molecular weight is 250 g/mol. The van der Waals surface area contributed by atoms with Gasteiger partial charge in [0, 0.05) is 0 Å². The smallest absolute Gasteiger partial charge is 0.172 e. The summed E-state index contributed by atoms with van der Waals surface area (Å²) < 4.78 is 0. The monoisotopic (exact) mass is 250 g/mol. The molecule has 1 fully saturated rings. The van der Waals surface area contributed by atoms with Crippen molar-refractivity contribution in [3.63, 3.8) is 0 Å². The largest absolute Gasteiger partial charge is 0.321 e. The number of rotatable bonds is 6. The molecular weight excluding hydrogens is 228 g/mol. The van der Waals surface area contributed by atoms with Gasteiger partial charge in [0.25, 0.3) is 0 Å². The van der Waals surface area contributed by atoms with E-state index >= 15 is 0 Å². The zero-order valence-electron chi connectivity index (χ0n) is 10.7. The summed E-state index contributed by atoms with van der Waals surface area (Å²) in [6, 6.07) is -0.926. The molecule has 1 rings (SSSR count). The Balaban J connectivity index is 2.50. The van der Waals surface area contributed by atoms with Gasteiger partial charge in [-0.1, -0.05) is 13.2 Å². The lowest BCUT2D eigenvalue weighted by Gasteiger charge is -2.33. The fourth-order valence-corrected chi connectivity index (χ4v) is 2.60. The molecule has 0 radical (unpaired) electrons. The SMILES string of the molecule is C=CC(=O)C(N)C1CCC(C(N)C(=O)C=C)CC1. The molecule has 0 heterocycles. The summed E-state index contributed by atoms with van der Waals surface area (Å²) in [5, 5.41) is 0. The number of nitrogens with two attached hydrogens (primary N) is 2. The first-order chi connectivity index (χ1) is 8.51. The third-order valence-corrected chi connectivity index (χ3v) is 3.89. The van der Waals surface area contributed by atoms with E-state index in [0.717, 1.165) is 25.7 Å². The molecule has 100 valence electrons. The highest BCUT2D eigenvalue weighted by Crippen LogP contribution is 2.32. The molecule has 1 saturated carbocycles. The van der Waals surface area contributed by atoms with E-state index in [-0.39, 0.29) is 23.4 Å². The summed E-state index contributed by atoms with van der Waals surface area (Å²) in [4.78, 5) is 22.9. The standard InChI is InChI=1S/C14H22N2O2/c1-3-11(17)13(15)9-5-7-10(8-6-9)14(16)12(18)4-2/h3-4,9-10,13-14H,1-2,5-8,15-16H2. The molecule has 18 heavy (non-hydrogen) atoms. The molecule has 2 atom stereocenters. The van der Waals surface area contributed by atoms with Crippen LogP contribution < -0.4 is 11.5 Å². The number of carbonyl (C=O) groups excluding carboxylic acids is 2. The number of ketones is 2. The molecule has 0 saturated heterocycles. The summed E-state index contributed by atoms with van der Waals surface area (Å²) in [6.45, 7) is 6.90. The van der Waals surface area contributed by atoms with Gasteiger partial charge in [-0.2, -0.15) is 0 Å². The first-order valence-corrected chi connectivity index (χ1v) is 6.35. The highest BCUT2D eigenvalue weighted by Gasteiger charge is 2.32.